The Kier molecular flexibility index (Phi) is 3.60. The van der Waals surface area contributed by atoms with Gasteiger partial charge in [0, 0.05) is 58.2 Å². The van der Waals surface area contributed by atoms with E-state index in [0.717, 1.165) is 35.5 Å². The van der Waals surface area contributed by atoms with Crippen LogP contribution in [0.15, 0.2) is 35.3 Å². The van der Waals surface area contributed by atoms with E-state index in [9.17, 15) is 4.79 Å². The minimum absolute atomic E-state index is 0.0801. The quantitative estimate of drug-likeness (QED) is 0.887. The van der Waals surface area contributed by atoms with Crippen LogP contribution in [-0.4, -0.2) is 42.3 Å². The first kappa shape index (κ1) is 15.9. The summed E-state index contributed by atoms with van der Waals surface area (Å²) in [5.41, 5.74) is 6.06. The molecule has 1 saturated heterocycles. The average molecular weight is 363 g/mol. The fourth-order valence-electron chi connectivity index (χ4n) is 4.20. The number of nitrogens with zero attached hydrogens (tertiary/aromatic N) is 2. The van der Waals surface area contributed by atoms with Gasteiger partial charge in [-0.15, -0.1) is 0 Å². The minimum atomic E-state index is -0.0801. The molecule has 0 spiro atoms. The van der Waals surface area contributed by atoms with Crippen molar-refractivity contribution in [2.75, 3.05) is 29.5 Å². The molecule has 1 aliphatic carbocycles. The van der Waals surface area contributed by atoms with Crippen molar-refractivity contribution in [1.29, 1.82) is 0 Å². The molecular weight excluding hydrogens is 342 g/mol. The molecule has 0 bridgehead atoms. The Morgan fingerprint density at radius 3 is 2.69 bits per heavy atom. The van der Waals surface area contributed by atoms with Gasteiger partial charge in [-0.05, 0) is 25.5 Å². The number of benzene rings is 2. The van der Waals surface area contributed by atoms with E-state index in [0.29, 0.717) is 5.71 Å². The topological polar surface area (TPSA) is 44.7 Å². The molecule has 132 valence electrons. The van der Waals surface area contributed by atoms with Gasteiger partial charge in [0.2, 0.25) is 0 Å². The van der Waals surface area contributed by atoms with E-state index in [1.54, 1.807) is 0 Å². The second kappa shape index (κ2) is 5.88. The van der Waals surface area contributed by atoms with Gasteiger partial charge < -0.3 is 10.2 Å². The van der Waals surface area contributed by atoms with E-state index in [2.05, 4.69) is 45.5 Å². The Hall–Kier alpha value is -2.27. The molecule has 5 heteroatoms. The molecule has 5 rings (SSSR count). The molecule has 26 heavy (non-hydrogen) atoms. The number of hydrogen-bond donors (Lipinski definition) is 1. The third-order valence-electron chi connectivity index (χ3n) is 5.24. The van der Waals surface area contributed by atoms with Crippen molar-refractivity contribution < 1.29 is 4.79 Å². The maximum Gasteiger partial charge on any atom is 0.274 e. The summed E-state index contributed by atoms with van der Waals surface area (Å²) in [6.45, 7) is 6.20. The van der Waals surface area contributed by atoms with E-state index in [4.69, 9.17) is 0 Å². The summed E-state index contributed by atoms with van der Waals surface area (Å²) < 4.78 is 0. The van der Waals surface area contributed by atoms with Crippen LogP contribution in [0, 0.1) is 0 Å². The summed E-state index contributed by atoms with van der Waals surface area (Å²) in [6.07, 6.45) is 0. The van der Waals surface area contributed by atoms with Gasteiger partial charge >= 0.3 is 0 Å². The van der Waals surface area contributed by atoms with Crippen LogP contribution >= 0.6 is 11.8 Å². The number of aliphatic imine (C=N–C) groups is 1. The highest BCUT2D eigenvalue weighted by Crippen LogP contribution is 2.46. The summed E-state index contributed by atoms with van der Waals surface area (Å²) in [4.78, 5) is 19.6. The molecule has 1 N–H and O–H groups in total. The molecule has 1 fully saturated rings. The van der Waals surface area contributed by atoms with Crippen molar-refractivity contribution in [3.63, 3.8) is 0 Å². The van der Waals surface area contributed by atoms with Crippen LogP contribution in [0.25, 0.3) is 22.0 Å². The van der Waals surface area contributed by atoms with Crippen molar-refractivity contribution in [2.45, 2.75) is 19.9 Å². The van der Waals surface area contributed by atoms with Gasteiger partial charge in [-0.3, -0.25) is 9.79 Å². The van der Waals surface area contributed by atoms with Gasteiger partial charge in [-0.1, -0.05) is 24.3 Å². The molecule has 2 aromatic carbocycles. The lowest BCUT2D eigenvalue weighted by atomic mass is 9.98. The van der Waals surface area contributed by atoms with Gasteiger partial charge in [-0.25, -0.2) is 0 Å². The highest BCUT2D eigenvalue weighted by Gasteiger charge is 2.37. The fraction of sp³-hybridized carbons (Fsp3) is 0.333. The standard InChI is InChI=1S/C21H21N3OS/c1-12(2)22-20-18-14-6-7-16(24-8-10-26-11-9-24)13-4-3-5-15(17(13)14)19(18)23-21(20)25/h3-7,12H,8-11H2,1-2H3,(H,22,23,25). The van der Waals surface area contributed by atoms with Crippen LogP contribution in [0.4, 0.5) is 5.69 Å². The largest absolute Gasteiger partial charge is 0.369 e. The summed E-state index contributed by atoms with van der Waals surface area (Å²) in [6, 6.07) is 10.9. The lowest BCUT2D eigenvalue weighted by Crippen LogP contribution is -2.32. The third kappa shape index (κ3) is 2.23. The zero-order chi connectivity index (χ0) is 17.8. The lowest BCUT2D eigenvalue weighted by Gasteiger charge is -2.30. The van der Waals surface area contributed by atoms with Crippen LogP contribution in [-0.2, 0) is 4.79 Å². The SMILES string of the molecule is CC(C)N=C1C(=O)NC2=C1c1ccc(N3CCSCC3)c3cccc2c13. The molecule has 0 saturated carbocycles. The van der Waals surface area contributed by atoms with Crippen LogP contribution in [0.5, 0.6) is 0 Å². The second-order valence-electron chi connectivity index (χ2n) is 7.24. The molecule has 2 aromatic rings. The molecule has 0 aromatic heterocycles. The van der Waals surface area contributed by atoms with Gasteiger partial charge in [0.1, 0.15) is 5.71 Å². The van der Waals surface area contributed by atoms with E-state index in [1.807, 2.05) is 25.6 Å². The van der Waals surface area contributed by atoms with Crippen molar-refractivity contribution in [2.24, 2.45) is 4.99 Å². The van der Waals surface area contributed by atoms with Crippen molar-refractivity contribution in [1.82, 2.24) is 5.32 Å². The van der Waals surface area contributed by atoms with Crippen LogP contribution in [0.2, 0.25) is 0 Å². The van der Waals surface area contributed by atoms with Crippen LogP contribution in [0.3, 0.4) is 0 Å². The van der Waals surface area contributed by atoms with Gasteiger partial charge in [0.15, 0.2) is 0 Å². The fourth-order valence-corrected chi connectivity index (χ4v) is 5.10. The molecule has 0 atom stereocenters. The predicted octanol–water partition coefficient (Wildman–Crippen LogP) is 3.55. The smallest absolute Gasteiger partial charge is 0.274 e. The number of anilines is 1. The molecule has 1 amide bonds. The Morgan fingerprint density at radius 2 is 1.92 bits per heavy atom. The number of hydrogen-bond acceptors (Lipinski definition) is 4. The number of thioether (sulfide) groups is 1. The normalized spacial score (nSPS) is 20.5. The summed E-state index contributed by atoms with van der Waals surface area (Å²) in [5, 5.41) is 5.60. The zero-order valence-corrected chi connectivity index (χ0v) is 15.8. The Balaban J connectivity index is 1.71. The number of rotatable bonds is 2. The van der Waals surface area contributed by atoms with Crippen LogP contribution < -0.4 is 10.2 Å². The number of fused-ring (bicyclic) bond motifs is 2. The predicted molar refractivity (Wildman–Crippen MR) is 111 cm³/mol. The minimum Gasteiger partial charge on any atom is -0.369 e. The molecule has 2 heterocycles. The van der Waals surface area contributed by atoms with E-state index >= 15 is 0 Å². The lowest BCUT2D eigenvalue weighted by molar-refractivity contribution is -0.113. The molecule has 0 unspecified atom stereocenters. The molecule has 3 aliphatic rings. The first-order valence-corrected chi connectivity index (χ1v) is 10.3. The molecule has 4 nitrogen and oxygen atoms in total. The van der Waals surface area contributed by atoms with Crippen LogP contribution in [0.1, 0.15) is 25.0 Å². The summed E-state index contributed by atoms with van der Waals surface area (Å²) in [7, 11) is 0. The first-order chi connectivity index (χ1) is 12.6. The van der Waals surface area contributed by atoms with E-state index in [1.165, 1.54) is 28.0 Å². The maximum atomic E-state index is 12.5. The molecule has 2 aliphatic heterocycles. The number of carbonyl (C=O) groups is 1. The average Bonchev–Trinajstić information content (AvgIpc) is 3.12. The number of nitrogens with one attached hydrogen (secondary N) is 1. The van der Waals surface area contributed by atoms with E-state index < -0.39 is 0 Å². The Labute approximate surface area is 157 Å². The maximum absolute atomic E-state index is 12.5. The summed E-state index contributed by atoms with van der Waals surface area (Å²) in [5.74, 6) is 2.28. The van der Waals surface area contributed by atoms with E-state index in [-0.39, 0.29) is 11.9 Å². The van der Waals surface area contributed by atoms with Gasteiger partial charge in [-0.2, -0.15) is 11.8 Å². The number of amides is 1. The van der Waals surface area contributed by atoms with Gasteiger partial charge in [0.05, 0.1) is 5.70 Å². The highest BCUT2D eigenvalue weighted by atomic mass is 32.2. The first-order valence-electron chi connectivity index (χ1n) is 9.18. The Morgan fingerprint density at radius 1 is 1.12 bits per heavy atom. The molecule has 0 radical (unpaired) electrons. The van der Waals surface area contributed by atoms with Crippen molar-refractivity contribution in [3.05, 3.63) is 41.5 Å². The van der Waals surface area contributed by atoms with Gasteiger partial charge in [0.25, 0.3) is 5.91 Å². The number of carbonyl (C=O) groups excluding carboxylic acids is 1. The second-order valence-corrected chi connectivity index (χ2v) is 8.46. The third-order valence-corrected chi connectivity index (χ3v) is 6.18. The zero-order valence-electron chi connectivity index (χ0n) is 15.0. The van der Waals surface area contributed by atoms with Crippen molar-refractivity contribution in [3.8, 4) is 0 Å². The van der Waals surface area contributed by atoms with Crippen molar-refractivity contribution >= 4 is 51.1 Å². The Bertz CT molecular complexity index is 1000. The summed E-state index contributed by atoms with van der Waals surface area (Å²) >= 11 is 2.02. The highest BCUT2D eigenvalue weighted by molar-refractivity contribution is 7.99. The monoisotopic (exact) mass is 363 g/mol. The molecular formula is C21H21N3OS.